The Bertz CT molecular complexity index is 1320. The molecule has 0 aromatic heterocycles. The highest BCUT2D eigenvalue weighted by molar-refractivity contribution is 6.09. The van der Waals surface area contributed by atoms with Gasteiger partial charge in [0.1, 0.15) is 5.54 Å². The van der Waals surface area contributed by atoms with E-state index in [0.29, 0.717) is 18.4 Å². The minimum absolute atomic E-state index is 0.0540. The number of carbonyl (C=O) groups excluding carboxylic acids is 2. The Morgan fingerprint density at radius 3 is 2.33 bits per heavy atom. The van der Waals surface area contributed by atoms with Crippen LogP contribution < -0.4 is 5.32 Å². The van der Waals surface area contributed by atoms with Crippen molar-refractivity contribution in [3.05, 3.63) is 75.3 Å². The second-order valence-electron chi connectivity index (χ2n) is 10.5. The molecule has 12 heteroatoms. The number of alkyl halides is 3. The number of nitro benzene ring substituents is 1. The number of amides is 2. The number of benzene rings is 2. The van der Waals surface area contributed by atoms with Crippen molar-refractivity contribution in [1.82, 2.24) is 10.2 Å². The van der Waals surface area contributed by atoms with E-state index >= 15 is 0 Å². The first-order valence-electron chi connectivity index (χ1n) is 12.7. The molecule has 206 valence electrons. The van der Waals surface area contributed by atoms with Crippen molar-refractivity contribution in [2.24, 2.45) is 11.8 Å². The van der Waals surface area contributed by atoms with Crippen LogP contribution in [-0.2, 0) is 27.0 Å². The van der Waals surface area contributed by atoms with E-state index in [0.717, 1.165) is 36.3 Å². The van der Waals surface area contributed by atoms with Crippen LogP contribution in [0.1, 0.15) is 54.8 Å². The number of halogens is 3. The number of hydrogen-bond donors (Lipinski definition) is 2. The number of likely N-dealkylation sites (tertiary alicyclic amines) is 1. The maximum atomic E-state index is 13.9. The normalized spacial score (nSPS) is 27.6. The van der Waals surface area contributed by atoms with Crippen molar-refractivity contribution in [1.29, 1.82) is 0 Å². The van der Waals surface area contributed by atoms with Gasteiger partial charge in [-0.15, -0.1) is 0 Å². The van der Waals surface area contributed by atoms with E-state index in [1.54, 1.807) is 0 Å². The number of rotatable bonds is 6. The molecule has 2 heterocycles. The van der Waals surface area contributed by atoms with Crippen LogP contribution in [0.25, 0.3) is 0 Å². The van der Waals surface area contributed by atoms with Gasteiger partial charge in [0.25, 0.3) is 5.69 Å². The molecule has 2 amide bonds. The molecule has 9 nitrogen and oxygen atoms in total. The van der Waals surface area contributed by atoms with Crippen LogP contribution in [0.4, 0.5) is 18.9 Å². The SMILES string of the molecule is O=C1C2C(c3cccc(C(F)(F)F)c3)NC(Cc3ccc([N+](=O)[O-])cc3)(C(=O)O)C2C(=O)N1C1CCCCC1. The van der Waals surface area contributed by atoms with Crippen LogP contribution in [0.2, 0.25) is 0 Å². The monoisotopic (exact) mass is 545 g/mol. The van der Waals surface area contributed by atoms with Crippen molar-refractivity contribution in [2.75, 3.05) is 0 Å². The summed E-state index contributed by atoms with van der Waals surface area (Å²) in [6.07, 6.45) is -1.25. The molecule has 2 aromatic carbocycles. The third-order valence-corrected chi connectivity index (χ3v) is 8.21. The summed E-state index contributed by atoms with van der Waals surface area (Å²) in [5.41, 5.74) is -2.79. The number of carbonyl (C=O) groups is 3. The molecule has 4 unspecified atom stereocenters. The van der Waals surface area contributed by atoms with Gasteiger partial charge in [-0.1, -0.05) is 43.5 Å². The minimum Gasteiger partial charge on any atom is -0.480 e. The van der Waals surface area contributed by atoms with Crippen LogP contribution >= 0.6 is 0 Å². The van der Waals surface area contributed by atoms with Crippen LogP contribution in [0, 0.1) is 22.0 Å². The predicted molar refractivity (Wildman–Crippen MR) is 130 cm³/mol. The molecule has 39 heavy (non-hydrogen) atoms. The van der Waals surface area contributed by atoms with Gasteiger partial charge >= 0.3 is 12.1 Å². The number of hydrogen-bond acceptors (Lipinski definition) is 6. The van der Waals surface area contributed by atoms with Crippen molar-refractivity contribution >= 4 is 23.5 Å². The number of aliphatic carboxylic acids is 1. The molecule has 2 N–H and O–H groups in total. The first kappa shape index (κ1) is 26.8. The lowest BCUT2D eigenvalue weighted by Gasteiger charge is -2.34. The zero-order valence-electron chi connectivity index (χ0n) is 20.7. The second kappa shape index (κ2) is 9.74. The fraction of sp³-hybridized carbons (Fsp3) is 0.444. The van der Waals surface area contributed by atoms with Gasteiger partial charge in [0.15, 0.2) is 0 Å². The van der Waals surface area contributed by atoms with Gasteiger partial charge in [0.05, 0.1) is 22.3 Å². The lowest BCUT2D eigenvalue weighted by molar-refractivity contribution is -0.384. The number of nitrogens with zero attached hydrogens (tertiary/aromatic N) is 2. The van der Waals surface area contributed by atoms with Gasteiger partial charge in [-0.25, -0.2) is 0 Å². The Labute approximate surface area is 221 Å². The van der Waals surface area contributed by atoms with E-state index in [4.69, 9.17) is 0 Å². The van der Waals surface area contributed by atoms with E-state index in [9.17, 15) is 42.8 Å². The maximum absolute atomic E-state index is 13.9. The summed E-state index contributed by atoms with van der Waals surface area (Å²) in [7, 11) is 0. The number of carboxylic acid groups (broad SMARTS) is 1. The molecule has 2 aromatic rings. The zero-order valence-corrected chi connectivity index (χ0v) is 20.7. The smallest absolute Gasteiger partial charge is 0.416 e. The molecule has 0 radical (unpaired) electrons. The quantitative estimate of drug-likeness (QED) is 0.315. The topological polar surface area (TPSA) is 130 Å². The summed E-state index contributed by atoms with van der Waals surface area (Å²) < 4.78 is 40.6. The number of nitro groups is 1. The maximum Gasteiger partial charge on any atom is 0.416 e. The second-order valence-corrected chi connectivity index (χ2v) is 10.5. The molecule has 2 aliphatic heterocycles. The summed E-state index contributed by atoms with van der Waals surface area (Å²) >= 11 is 0. The van der Waals surface area contributed by atoms with Crippen LogP contribution in [0.5, 0.6) is 0 Å². The highest BCUT2D eigenvalue weighted by Crippen LogP contribution is 2.51. The van der Waals surface area contributed by atoms with Crippen molar-refractivity contribution < 1.29 is 37.6 Å². The molecular weight excluding hydrogens is 519 g/mol. The Morgan fingerprint density at radius 2 is 1.74 bits per heavy atom. The first-order chi connectivity index (χ1) is 18.4. The van der Waals surface area contributed by atoms with Crippen LogP contribution in [0.15, 0.2) is 48.5 Å². The molecule has 1 aliphatic carbocycles. The fourth-order valence-electron chi connectivity index (χ4n) is 6.41. The lowest BCUT2D eigenvalue weighted by atomic mass is 9.76. The van der Waals surface area contributed by atoms with Crippen molar-refractivity contribution in [2.45, 2.75) is 62.3 Å². The number of nitrogens with one attached hydrogen (secondary N) is 1. The highest BCUT2D eigenvalue weighted by Gasteiger charge is 2.69. The average molecular weight is 546 g/mol. The van der Waals surface area contributed by atoms with Gasteiger partial charge in [0, 0.05) is 30.6 Å². The van der Waals surface area contributed by atoms with Crippen molar-refractivity contribution in [3.8, 4) is 0 Å². The van der Waals surface area contributed by atoms with Crippen molar-refractivity contribution in [3.63, 3.8) is 0 Å². The van der Waals surface area contributed by atoms with Gasteiger partial charge < -0.3 is 5.11 Å². The van der Waals surface area contributed by atoms with Gasteiger partial charge in [-0.3, -0.25) is 34.7 Å². The molecule has 3 fully saturated rings. The Kier molecular flexibility index (Phi) is 6.69. The third-order valence-electron chi connectivity index (χ3n) is 8.21. The number of non-ortho nitro benzene ring substituents is 1. The molecule has 4 atom stereocenters. The Balaban J connectivity index is 1.61. The van der Waals surface area contributed by atoms with Gasteiger partial charge in [-0.05, 0) is 36.1 Å². The fourth-order valence-corrected chi connectivity index (χ4v) is 6.41. The molecule has 3 aliphatic rings. The minimum atomic E-state index is -4.67. The Hall–Kier alpha value is -3.80. The van der Waals surface area contributed by atoms with Gasteiger partial charge in [0.2, 0.25) is 11.8 Å². The average Bonchev–Trinajstić information content (AvgIpc) is 3.38. The van der Waals surface area contributed by atoms with Crippen LogP contribution in [0.3, 0.4) is 0 Å². The predicted octanol–water partition coefficient (Wildman–Crippen LogP) is 4.26. The lowest BCUT2D eigenvalue weighted by Crippen LogP contribution is -2.58. The summed E-state index contributed by atoms with van der Waals surface area (Å²) in [6.45, 7) is 0. The summed E-state index contributed by atoms with van der Waals surface area (Å²) in [4.78, 5) is 52.3. The number of fused-ring (bicyclic) bond motifs is 1. The first-order valence-corrected chi connectivity index (χ1v) is 12.7. The summed E-state index contributed by atoms with van der Waals surface area (Å²) in [6, 6.07) is 7.92. The highest BCUT2D eigenvalue weighted by atomic mass is 19.4. The van der Waals surface area contributed by atoms with E-state index < -0.39 is 63.9 Å². The number of carboxylic acids is 1. The Morgan fingerprint density at radius 1 is 1.08 bits per heavy atom. The molecular formula is C27H26F3N3O6. The van der Waals surface area contributed by atoms with E-state index in [1.807, 2.05) is 0 Å². The van der Waals surface area contributed by atoms with Crippen LogP contribution in [-0.4, -0.2) is 44.3 Å². The van der Waals surface area contributed by atoms with E-state index in [1.165, 1.54) is 36.4 Å². The largest absolute Gasteiger partial charge is 0.480 e. The molecule has 5 rings (SSSR count). The van der Waals surface area contributed by atoms with E-state index in [2.05, 4.69) is 5.32 Å². The zero-order chi connectivity index (χ0) is 28.1. The van der Waals surface area contributed by atoms with Gasteiger partial charge in [-0.2, -0.15) is 13.2 Å². The summed E-state index contributed by atoms with van der Waals surface area (Å²) in [5.74, 6) is -5.27. The van der Waals surface area contributed by atoms with E-state index in [-0.39, 0.29) is 17.7 Å². The molecule has 0 bridgehead atoms. The standard InChI is InChI=1S/C27H26F3N3O6/c28-27(29,30)17-6-4-5-16(13-17)22-20-21(24(35)32(23(20)34)18-7-2-1-3-8-18)26(31-22,25(36)37)14-15-9-11-19(12-10-15)33(38)39/h4-6,9-13,18,20-22,31H,1-3,7-8,14H2,(H,36,37). The molecule has 2 saturated heterocycles. The number of imide groups is 1. The summed E-state index contributed by atoms with van der Waals surface area (Å²) in [5, 5.41) is 24.5. The molecule has 1 saturated carbocycles. The molecule has 0 spiro atoms. The third kappa shape index (κ3) is 4.56.